The SMILES string of the molecule is CCN(C(=O)C(CO)NC(=O)OC(C)(C)C)C(C(=O)NC(C)C)c1ccc(C)c(C)c1. The van der Waals surface area contributed by atoms with Crippen LogP contribution in [0, 0.1) is 13.8 Å². The quantitative estimate of drug-likeness (QED) is 0.582. The third kappa shape index (κ3) is 7.86. The predicted molar refractivity (Wildman–Crippen MR) is 120 cm³/mol. The maximum Gasteiger partial charge on any atom is 0.408 e. The second-order valence-electron chi connectivity index (χ2n) is 8.92. The number of aryl methyl sites for hydroxylation is 2. The van der Waals surface area contributed by atoms with Crippen LogP contribution in [0.2, 0.25) is 0 Å². The fourth-order valence-corrected chi connectivity index (χ4v) is 3.07. The lowest BCUT2D eigenvalue weighted by molar-refractivity contribution is -0.143. The number of rotatable bonds is 8. The van der Waals surface area contributed by atoms with Crippen molar-refractivity contribution >= 4 is 17.9 Å². The van der Waals surface area contributed by atoms with E-state index in [1.165, 1.54) is 4.90 Å². The van der Waals surface area contributed by atoms with E-state index in [1.54, 1.807) is 27.7 Å². The molecule has 0 saturated carbocycles. The molecule has 31 heavy (non-hydrogen) atoms. The molecule has 174 valence electrons. The highest BCUT2D eigenvalue weighted by Crippen LogP contribution is 2.25. The molecule has 1 aromatic rings. The Kier molecular flexibility index (Phi) is 9.49. The maximum absolute atomic E-state index is 13.3. The fraction of sp³-hybridized carbons (Fsp3) is 0.609. The summed E-state index contributed by atoms with van der Waals surface area (Å²) < 4.78 is 5.20. The van der Waals surface area contributed by atoms with Crippen molar-refractivity contribution in [3.8, 4) is 0 Å². The molecular formula is C23H37N3O5. The molecule has 0 aliphatic rings. The van der Waals surface area contributed by atoms with Crippen LogP contribution in [0.3, 0.4) is 0 Å². The van der Waals surface area contributed by atoms with Gasteiger partial charge in [-0.15, -0.1) is 0 Å². The minimum absolute atomic E-state index is 0.121. The van der Waals surface area contributed by atoms with Crippen molar-refractivity contribution in [2.45, 2.75) is 79.1 Å². The third-order valence-electron chi connectivity index (χ3n) is 4.63. The normalized spacial score (nSPS) is 13.4. The van der Waals surface area contributed by atoms with Crippen LogP contribution in [0.4, 0.5) is 4.79 Å². The first-order valence-electron chi connectivity index (χ1n) is 10.6. The zero-order valence-corrected chi connectivity index (χ0v) is 19.9. The molecular weight excluding hydrogens is 398 g/mol. The van der Waals surface area contributed by atoms with E-state index in [0.29, 0.717) is 5.56 Å². The van der Waals surface area contributed by atoms with Gasteiger partial charge in [-0.2, -0.15) is 0 Å². The summed E-state index contributed by atoms with van der Waals surface area (Å²) in [6, 6.07) is 3.33. The second kappa shape index (κ2) is 11.1. The van der Waals surface area contributed by atoms with Crippen LogP contribution < -0.4 is 10.6 Å². The smallest absolute Gasteiger partial charge is 0.408 e. The zero-order chi connectivity index (χ0) is 23.9. The number of amides is 3. The second-order valence-corrected chi connectivity index (χ2v) is 8.92. The van der Waals surface area contributed by atoms with Crippen LogP contribution >= 0.6 is 0 Å². The van der Waals surface area contributed by atoms with Crippen LogP contribution in [0.5, 0.6) is 0 Å². The molecule has 0 fully saturated rings. The molecule has 0 saturated heterocycles. The fourth-order valence-electron chi connectivity index (χ4n) is 3.07. The minimum Gasteiger partial charge on any atom is -0.444 e. The van der Waals surface area contributed by atoms with Crippen LogP contribution in [0.1, 0.15) is 64.3 Å². The molecule has 0 bridgehead atoms. The number of ether oxygens (including phenoxy) is 1. The molecule has 0 radical (unpaired) electrons. The van der Waals surface area contributed by atoms with Gasteiger partial charge in [-0.05, 0) is 72.1 Å². The lowest BCUT2D eigenvalue weighted by atomic mass is 9.98. The van der Waals surface area contributed by atoms with E-state index < -0.39 is 36.3 Å². The van der Waals surface area contributed by atoms with Gasteiger partial charge < -0.3 is 25.4 Å². The van der Waals surface area contributed by atoms with Gasteiger partial charge in [0, 0.05) is 12.6 Å². The first-order valence-corrected chi connectivity index (χ1v) is 10.6. The molecule has 0 aliphatic heterocycles. The van der Waals surface area contributed by atoms with Gasteiger partial charge in [0.15, 0.2) is 0 Å². The summed E-state index contributed by atoms with van der Waals surface area (Å²) in [4.78, 5) is 39.9. The Morgan fingerprint density at radius 1 is 1.10 bits per heavy atom. The van der Waals surface area contributed by atoms with E-state index in [1.807, 2.05) is 45.9 Å². The van der Waals surface area contributed by atoms with Gasteiger partial charge in [0.25, 0.3) is 0 Å². The first-order chi connectivity index (χ1) is 14.3. The van der Waals surface area contributed by atoms with Crippen molar-refractivity contribution < 1.29 is 24.2 Å². The van der Waals surface area contributed by atoms with E-state index in [2.05, 4.69) is 10.6 Å². The molecule has 1 rings (SSSR count). The highest BCUT2D eigenvalue weighted by atomic mass is 16.6. The van der Waals surface area contributed by atoms with Gasteiger partial charge in [0.2, 0.25) is 11.8 Å². The van der Waals surface area contributed by atoms with E-state index >= 15 is 0 Å². The highest BCUT2D eigenvalue weighted by Gasteiger charge is 2.35. The highest BCUT2D eigenvalue weighted by molar-refractivity contribution is 5.92. The lowest BCUT2D eigenvalue weighted by Gasteiger charge is -2.33. The summed E-state index contributed by atoms with van der Waals surface area (Å²) in [5.41, 5.74) is 1.97. The summed E-state index contributed by atoms with van der Waals surface area (Å²) in [6.45, 7) is 14.0. The molecule has 2 atom stereocenters. The maximum atomic E-state index is 13.3. The Hall–Kier alpha value is -2.61. The van der Waals surface area contributed by atoms with Crippen molar-refractivity contribution in [1.82, 2.24) is 15.5 Å². The van der Waals surface area contributed by atoms with E-state index in [4.69, 9.17) is 4.74 Å². The van der Waals surface area contributed by atoms with E-state index in [-0.39, 0.29) is 18.5 Å². The van der Waals surface area contributed by atoms with Gasteiger partial charge in [0.05, 0.1) is 6.61 Å². The number of likely N-dealkylation sites (N-methyl/N-ethyl adjacent to an activating group) is 1. The zero-order valence-electron chi connectivity index (χ0n) is 19.9. The van der Waals surface area contributed by atoms with E-state index in [9.17, 15) is 19.5 Å². The van der Waals surface area contributed by atoms with Gasteiger partial charge in [0.1, 0.15) is 17.7 Å². The molecule has 0 spiro atoms. The van der Waals surface area contributed by atoms with Crippen molar-refractivity contribution in [2.24, 2.45) is 0 Å². The van der Waals surface area contributed by atoms with Crippen molar-refractivity contribution in [3.05, 3.63) is 34.9 Å². The minimum atomic E-state index is -1.24. The monoisotopic (exact) mass is 435 g/mol. The standard InChI is InChI=1S/C23H37N3O5/c1-9-26(21(29)18(13-27)25-22(30)31-23(6,7)8)19(20(28)24-14(2)3)17-11-10-15(4)16(5)12-17/h10-12,14,18-19,27H,9,13H2,1-8H3,(H,24,28)(H,25,30). The average molecular weight is 436 g/mol. The molecule has 3 N–H and O–H groups in total. The molecule has 2 unspecified atom stereocenters. The summed E-state index contributed by atoms with van der Waals surface area (Å²) in [5, 5.41) is 15.1. The van der Waals surface area contributed by atoms with Gasteiger partial charge in [-0.25, -0.2) is 4.79 Å². The first kappa shape index (κ1) is 26.4. The van der Waals surface area contributed by atoms with Gasteiger partial charge in [-0.1, -0.05) is 18.2 Å². The van der Waals surface area contributed by atoms with Crippen molar-refractivity contribution in [3.63, 3.8) is 0 Å². The number of carbonyl (C=O) groups is 3. The Morgan fingerprint density at radius 3 is 2.16 bits per heavy atom. The summed E-state index contributed by atoms with van der Waals surface area (Å²) in [7, 11) is 0. The molecule has 8 nitrogen and oxygen atoms in total. The number of carbonyl (C=O) groups excluding carboxylic acids is 3. The number of nitrogens with zero attached hydrogens (tertiary/aromatic N) is 1. The largest absolute Gasteiger partial charge is 0.444 e. The summed E-state index contributed by atoms with van der Waals surface area (Å²) in [6.07, 6.45) is -0.815. The van der Waals surface area contributed by atoms with Crippen molar-refractivity contribution in [1.29, 1.82) is 0 Å². The number of benzene rings is 1. The van der Waals surface area contributed by atoms with Crippen LogP contribution in [0.25, 0.3) is 0 Å². The Bertz CT molecular complexity index is 786. The van der Waals surface area contributed by atoms with Crippen LogP contribution in [-0.2, 0) is 14.3 Å². The van der Waals surface area contributed by atoms with Gasteiger partial charge >= 0.3 is 6.09 Å². The molecule has 0 aliphatic carbocycles. The van der Waals surface area contributed by atoms with Crippen LogP contribution in [-0.4, -0.2) is 58.8 Å². The number of hydrogen-bond acceptors (Lipinski definition) is 5. The number of aliphatic hydroxyl groups is 1. The molecule has 3 amide bonds. The number of hydrogen-bond donors (Lipinski definition) is 3. The summed E-state index contributed by atoms with van der Waals surface area (Å²) >= 11 is 0. The number of aliphatic hydroxyl groups excluding tert-OH is 1. The van der Waals surface area contributed by atoms with E-state index in [0.717, 1.165) is 11.1 Å². The molecule has 0 heterocycles. The Morgan fingerprint density at radius 2 is 1.71 bits per heavy atom. The number of alkyl carbamates (subject to hydrolysis) is 1. The average Bonchev–Trinajstić information content (AvgIpc) is 2.63. The Labute approximate surface area is 185 Å². The third-order valence-corrected chi connectivity index (χ3v) is 4.63. The topological polar surface area (TPSA) is 108 Å². The molecule has 1 aromatic carbocycles. The molecule has 0 aromatic heterocycles. The Balaban J connectivity index is 3.28. The lowest BCUT2D eigenvalue weighted by Crippen LogP contribution is -2.54. The van der Waals surface area contributed by atoms with Crippen LogP contribution in [0.15, 0.2) is 18.2 Å². The number of nitrogens with one attached hydrogen (secondary N) is 2. The molecule has 8 heteroatoms. The van der Waals surface area contributed by atoms with Gasteiger partial charge in [-0.3, -0.25) is 9.59 Å². The summed E-state index contributed by atoms with van der Waals surface area (Å²) in [5.74, 6) is -0.902. The van der Waals surface area contributed by atoms with Crippen molar-refractivity contribution in [2.75, 3.05) is 13.2 Å². The predicted octanol–water partition coefficient (Wildman–Crippen LogP) is 2.60.